The van der Waals surface area contributed by atoms with E-state index in [1.807, 2.05) is 49.7 Å². The third-order valence-electron chi connectivity index (χ3n) is 5.52. The van der Waals surface area contributed by atoms with Gasteiger partial charge in [0, 0.05) is 5.92 Å². The molecular formula is C22H24ClF2N5O. The van der Waals surface area contributed by atoms with Gasteiger partial charge in [-0.3, -0.25) is 14.2 Å². The molecule has 1 saturated carbocycles. The van der Waals surface area contributed by atoms with Gasteiger partial charge >= 0.3 is 0 Å². The largest absolute Gasteiger partial charge is 0.321 e. The predicted octanol–water partition coefficient (Wildman–Crippen LogP) is 5.16. The Morgan fingerprint density at radius 2 is 1.84 bits per heavy atom. The Morgan fingerprint density at radius 3 is 2.45 bits per heavy atom. The topological polar surface area (TPSA) is 64.7 Å². The summed E-state index contributed by atoms with van der Waals surface area (Å²) in [6.45, 7) is 6.15. The van der Waals surface area contributed by atoms with Crippen molar-refractivity contribution in [2.45, 2.75) is 59.0 Å². The first-order chi connectivity index (χ1) is 14.7. The Morgan fingerprint density at radius 1 is 1.16 bits per heavy atom. The molecule has 2 aromatic heterocycles. The summed E-state index contributed by atoms with van der Waals surface area (Å²) >= 11 is 6.14. The van der Waals surface area contributed by atoms with Gasteiger partial charge in [-0.1, -0.05) is 41.4 Å². The van der Waals surface area contributed by atoms with Crippen molar-refractivity contribution in [3.8, 4) is 0 Å². The zero-order chi connectivity index (χ0) is 22.3. The molecule has 3 aromatic rings. The lowest BCUT2D eigenvalue weighted by atomic mass is 10.1. The van der Waals surface area contributed by atoms with Crippen LogP contribution in [0, 0.1) is 20.8 Å². The number of amides is 1. The number of rotatable bonds is 7. The van der Waals surface area contributed by atoms with Crippen molar-refractivity contribution in [1.82, 2.24) is 19.6 Å². The van der Waals surface area contributed by atoms with E-state index in [1.54, 1.807) is 0 Å². The average molecular weight is 448 g/mol. The quantitative estimate of drug-likeness (QED) is 0.544. The first kappa shape index (κ1) is 21.5. The smallest absolute Gasteiger partial charge is 0.283 e. The summed E-state index contributed by atoms with van der Waals surface area (Å²) < 4.78 is 29.6. The fourth-order valence-electron chi connectivity index (χ4n) is 3.69. The van der Waals surface area contributed by atoms with Crippen molar-refractivity contribution in [1.29, 1.82) is 0 Å². The van der Waals surface area contributed by atoms with Gasteiger partial charge in [0.25, 0.3) is 6.43 Å². The molecule has 9 heteroatoms. The number of carbonyl (C=O) groups is 1. The van der Waals surface area contributed by atoms with E-state index in [1.165, 1.54) is 10.2 Å². The number of nitrogens with zero attached hydrogens (tertiary/aromatic N) is 4. The molecule has 164 valence electrons. The van der Waals surface area contributed by atoms with Crippen LogP contribution in [0.25, 0.3) is 0 Å². The monoisotopic (exact) mass is 447 g/mol. The van der Waals surface area contributed by atoms with Gasteiger partial charge in [-0.25, -0.2) is 8.78 Å². The summed E-state index contributed by atoms with van der Waals surface area (Å²) in [5.41, 5.74) is 4.48. The number of carbonyl (C=O) groups excluding carboxylic acids is 1. The number of nitrogens with one attached hydrogen (secondary N) is 1. The molecule has 1 aromatic carbocycles. The van der Waals surface area contributed by atoms with E-state index in [4.69, 9.17) is 11.6 Å². The van der Waals surface area contributed by atoms with E-state index >= 15 is 0 Å². The molecule has 1 N–H and O–H groups in total. The maximum absolute atomic E-state index is 13.2. The number of benzene rings is 1. The Kier molecular flexibility index (Phi) is 5.83. The number of aryl methyl sites for hydroxylation is 2. The second kappa shape index (κ2) is 8.42. The molecule has 1 fully saturated rings. The van der Waals surface area contributed by atoms with Crippen molar-refractivity contribution in [2.24, 2.45) is 0 Å². The molecule has 31 heavy (non-hydrogen) atoms. The minimum Gasteiger partial charge on any atom is -0.321 e. The zero-order valence-corrected chi connectivity index (χ0v) is 18.4. The van der Waals surface area contributed by atoms with Gasteiger partial charge in [0.1, 0.15) is 12.2 Å². The van der Waals surface area contributed by atoms with Crippen LogP contribution in [0.2, 0.25) is 5.02 Å². The van der Waals surface area contributed by atoms with Crippen LogP contribution in [0.1, 0.15) is 59.1 Å². The van der Waals surface area contributed by atoms with Crippen LogP contribution in [-0.4, -0.2) is 25.5 Å². The predicted molar refractivity (Wildman–Crippen MR) is 115 cm³/mol. The van der Waals surface area contributed by atoms with Crippen molar-refractivity contribution in [3.05, 3.63) is 63.2 Å². The number of hydrogen-bond donors (Lipinski definition) is 1. The van der Waals surface area contributed by atoms with Gasteiger partial charge < -0.3 is 5.32 Å². The average Bonchev–Trinajstić information content (AvgIpc) is 3.44. The lowest BCUT2D eigenvalue weighted by Gasteiger charge is -2.09. The molecule has 1 amide bonds. The molecule has 0 spiro atoms. The van der Waals surface area contributed by atoms with Gasteiger partial charge in [0.05, 0.1) is 34.3 Å². The molecule has 0 atom stereocenters. The lowest BCUT2D eigenvalue weighted by molar-refractivity contribution is -0.117. The van der Waals surface area contributed by atoms with Crippen LogP contribution < -0.4 is 5.32 Å². The fraction of sp³-hybridized carbons (Fsp3) is 0.409. The number of hydrogen-bond acceptors (Lipinski definition) is 3. The molecule has 4 rings (SSSR count). The molecule has 0 saturated heterocycles. The Bertz CT molecular complexity index is 1120. The number of anilines is 1. The summed E-state index contributed by atoms with van der Waals surface area (Å²) in [5, 5.41) is 11.3. The third kappa shape index (κ3) is 4.49. The Hall–Kier alpha value is -2.74. The van der Waals surface area contributed by atoms with Crippen molar-refractivity contribution in [2.75, 3.05) is 5.32 Å². The molecular weight excluding hydrogens is 424 g/mol. The molecule has 0 unspecified atom stereocenters. The van der Waals surface area contributed by atoms with Crippen molar-refractivity contribution >= 4 is 23.2 Å². The van der Waals surface area contributed by atoms with Gasteiger partial charge in [0.2, 0.25) is 5.91 Å². The molecule has 0 radical (unpaired) electrons. The SMILES string of the molecule is Cc1ccc(Cn2nc(C)c(NC(=O)Cn3nc(C(F)F)c(Cl)c3C3CC3)c2C)cc1. The second-order valence-corrected chi connectivity index (χ2v) is 8.43. The standard InChI is InChI=1S/C22H24ClF2N5O/c1-12-4-6-15(7-5-12)10-29-14(3)19(13(2)27-29)26-17(31)11-30-21(16-8-9-16)18(23)20(28-30)22(24)25/h4-7,16,22H,8-11H2,1-3H3,(H,26,31). The highest BCUT2D eigenvalue weighted by atomic mass is 35.5. The number of halogens is 3. The number of alkyl halides is 2. The normalized spacial score (nSPS) is 13.8. The van der Waals surface area contributed by atoms with Crippen LogP contribution in [0.4, 0.5) is 14.5 Å². The Labute approximate surface area is 184 Å². The van der Waals surface area contributed by atoms with Crippen molar-refractivity contribution in [3.63, 3.8) is 0 Å². The van der Waals surface area contributed by atoms with E-state index in [-0.39, 0.29) is 23.4 Å². The lowest BCUT2D eigenvalue weighted by Crippen LogP contribution is -2.21. The van der Waals surface area contributed by atoms with Gasteiger partial charge in [-0.05, 0) is 39.2 Å². The van der Waals surface area contributed by atoms with Crippen molar-refractivity contribution < 1.29 is 13.6 Å². The van der Waals surface area contributed by atoms with E-state index in [2.05, 4.69) is 15.5 Å². The maximum atomic E-state index is 13.2. The first-order valence-electron chi connectivity index (χ1n) is 10.2. The third-order valence-corrected chi connectivity index (χ3v) is 5.91. The van der Waals surface area contributed by atoms with Crippen LogP contribution in [0.5, 0.6) is 0 Å². The summed E-state index contributed by atoms with van der Waals surface area (Å²) in [6, 6.07) is 8.19. The van der Waals surface area contributed by atoms with Crippen LogP contribution in [0.15, 0.2) is 24.3 Å². The molecule has 1 aliphatic rings. The van der Waals surface area contributed by atoms with Gasteiger partial charge in [0.15, 0.2) is 0 Å². The summed E-state index contributed by atoms with van der Waals surface area (Å²) in [7, 11) is 0. The number of aromatic nitrogens is 4. The molecule has 0 bridgehead atoms. The highest BCUT2D eigenvalue weighted by Crippen LogP contribution is 2.45. The van der Waals surface area contributed by atoms with Crippen LogP contribution in [-0.2, 0) is 17.9 Å². The summed E-state index contributed by atoms with van der Waals surface area (Å²) in [4.78, 5) is 12.7. The summed E-state index contributed by atoms with van der Waals surface area (Å²) in [5.74, 6) is -0.274. The second-order valence-electron chi connectivity index (χ2n) is 8.05. The minimum absolute atomic E-state index is 0.0245. The highest BCUT2D eigenvalue weighted by molar-refractivity contribution is 6.32. The minimum atomic E-state index is -2.78. The van der Waals surface area contributed by atoms with E-state index in [9.17, 15) is 13.6 Å². The van der Waals surface area contributed by atoms with E-state index in [0.29, 0.717) is 23.6 Å². The zero-order valence-electron chi connectivity index (χ0n) is 17.6. The van der Waals surface area contributed by atoms with Gasteiger partial charge in [-0.2, -0.15) is 10.2 Å². The van der Waals surface area contributed by atoms with Gasteiger partial charge in [-0.15, -0.1) is 0 Å². The molecule has 0 aliphatic heterocycles. The molecule has 1 aliphatic carbocycles. The maximum Gasteiger partial charge on any atom is 0.283 e. The first-order valence-corrected chi connectivity index (χ1v) is 10.6. The van der Waals surface area contributed by atoms with E-state index < -0.39 is 12.1 Å². The van der Waals surface area contributed by atoms with E-state index in [0.717, 1.165) is 24.1 Å². The highest BCUT2D eigenvalue weighted by Gasteiger charge is 2.34. The molecule has 2 heterocycles. The summed E-state index contributed by atoms with van der Waals surface area (Å²) in [6.07, 6.45) is -1.06. The van der Waals surface area contributed by atoms with Crippen LogP contribution >= 0.6 is 11.6 Å². The Balaban J connectivity index is 1.51. The fourth-order valence-corrected chi connectivity index (χ4v) is 4.06. The van der Waals surface area contributed by atoms with Crippen LogP contribution in [0.3, 0.4) is 0 Å². The molecule has 6 nitrogen and oxygen atoms in total.